The molecule has 1 fully saturated rings. The summed E-state index contributed by atoms with van der Waals surface area (Å²) in [4.78, 5) is 4.68. The van der Waals surface area contributed by atoms with Crippen LogP contribution in [0.1, 0.15) is 29.5 Å². The normalized spacial score (nSPS) is 13.6. The molecule has 0 saturated carbocycles. The first kappa shape index (κ1) is 39.2. The molecule has 0 radical (unpaired) electrons. The maximum absolute atomic E-state index is 13.6. The van der Waals surface area contributed by atoms with Crippen molar-refractivity contribution in [3.05, 3.63) is 114 Å². The van der Waals surface area contributed by atoms with Gasteiger partial charge in [0.05, 0.1) is 48.2 Å². The highest BCUT2D eigenvalue weighted by atomic mass is 19.4. The van der Waals surface area contributed by atoms with E-state index in [1.54, 1.807) is 54.8 Å². The molecule has 0 spiro atoms. The number of piperidine rings is 1. The van der Waals surface area contributed by atoms with Crippen LogP contribution in [0.3, 0.4) is 0 Å². The number of benzene rings is 5. The van der Waals surface area contributed by atoms with Crippen molar-refractivity contribution in [2.24, 2.45) is 0 Å². The molecule has 55 heavy (non-hydrogen) atoms. The van der Waals surface area contributed by atoms with E-state index in [0.717, 1.165) is 66.0 Å². The number of likely N-dealkylation sites (tertiary alicyclic amines) is 1. The molecule has 0 aromatic heterocycles. The topological polar surface area (TPSA) is 61.9 Å². The fraction of sp³-hybridized carbons (Fsp3) is 0.318. The van der Waals surface area contributed by atoms with Crippen molar-refractivity contribution < 1.29 is 41.6 Å². The Kier molecular flexibility index (Phi) is 12.3. The molecule has 1 aliphatic heterocycles. The second-order valence-corrected chi connectivity index (χ2v) is 13.4. The molecule has 0 unspecified atom stereocenters. The molecular weight excluding hydrogens is 709 g/mol. The number of rotatable bonds is 14. The van der Waals surface area contributed by atoms with Crippen LogP contribution >= 0.6 is 0 Å². The first-order chi connectivity index (χ1) is 26.6. The number of halogens is 3. The van der Waals surface area contributed by atoms with Crippen molar-refractivity contribution in [3.8, 4) is 56.8 Å². The van der Waals surface area contributed by atoms with Crippen molar-refractivity contribution in [2.45, 2.75) is 38.1 Å². The van der Waals surface area contributed by atoms with Crippen molar-refractivity contribution in [3.63, 3.8) is 0 Å². The molecule has 0 aliphatic carbocycles. The zero-order valence-electron chi connectivity index (χ0n) is 32.0. The highest BCUT2D eigenvalue weighted by molar-refractivity contribution is 5.73. The average Bonchev–Trinajstić information content (AvgIpc) is 3.21. The average molecular weight is 757 g/mol. The number of nitrogens with zero attached hydrogens (tertiary/aromatic N) is 2. The van der Waals surface area contributed by atoms with E-state index in [1.165, 1.54) is 17.7 Å². The van der Waals surface area contributed by atoms with E-state index in [4.69, 9.17) is 28.4 Å². The molecule has 5 aromatic rings. The number of methoxy groups -OCH3 is 6. The minimum atomic E-state index is -4.41. The van der Waals surface area contributed by atoms with Gasteiger partial charge in [-0.1, -0.05) is 36.4 Å². The molecule has 290 valence electrons. The molecule has 0 bridgehead atoms. The molecule has 11 heteroatoms. The summed E-state index contributed by atoms with van der Waals surface area (Å²) < 4.78 is 74.1. The summed E-state index contributed by atoms with van der Waals surface area (Å²) in [5.41, 5.74) is 6.12. The van der Waals surface area contributed by atoms with Gasteiger partial charge in [-0.25, -0.2) is 0 Å². The number of hydrogen-bond acceptors (Lipinski definition) is 8. The maximum Gasteiger partial charge on any atom is 0.416 e. The lowest BCUT2D eigenvalue weighted by Crippen LogP contribution is -2.44. The number of ether oxygens (including phenoxy) is 6. The molecule has 1 aliphatic rings. The van der Waals surface area contributed by atoms with E-state index < -0.39 is 11.7 Å². The van der Waals surface area contributed by atoms with Gasteiger partial charge in [-0.15, -0.1) is 0 Å². The van der Waals surface area contributed by atoms with E-state index in [2.05, 4.69) is 46.2 Å². The molecule has 1 saturated heterocycles. The molecule has 8 nitrogen and oxygen atoms in total. The highest BCUT2D eigenvalue weighted by Crippen LogP contribution is 2.43. The van der Waals surface area contributed by atoms with Crippen molar-refractivity contribution in [2.75, 3.05) is 60.6 Å². The maximum atomic E-state index is 13.6. The van der Waals surface area contributed by atoms with Crippen LogP contribution < -0.4 is 33.3 Å². The monoisotopic (exact) mass is 756 g/mol. The van der Waals surface area contributed by atoms with Crippen molar-refractivity contribution >= 4 is 5.69 Å². The standard InChI is InChI=1S/C44H47F3N2O6/c1-50-38-23-33(24-39(51-2)42(38)54-5)31-11-7-9-29(21-31)27-48-19-17-37(18-20-48)49(36-15-13-35(14-16-36)44(45,46)47)28-30-10-8-12-32(22-30)34-25-40(52-3)43(55-6)41(26-34)53-4/h7-16,21-26,37H,17-20,27-28H2,1-6H3. The third-order valence-corrected chi connectivity index (χ3v) is 10.1. The van der Waals surface area contributed by atoms with Gasteiger partial charge in [-0.3, -0.25) is 4.90 Å². The van der Waals surface area contributed by atoms with E-state index in [-0.39, 0.29) is 6.04 Å². The Hall–Kier alpha value is -5.55. The number of anilines is 1. The third-order valence-electron chi connectivity index (χ3n) is 10.1. The lowest BCUT2D eigenvalue weighted by atomic mass is 9.98. The molecule has 0 N–H and O–H groups in total. The largest absolute Gasteiger partial charge is 0.493 e. The Balaban J connectivity index is 1.22. The quantitative estimate of drug-likeness (QED) is 0.111. The summed E-state index contributed by atoms with van der Waals surface area (Å²) in [5.74, 6) is 3.34. The van der Waals surface area contributed by atoms with Crippen LogP contribution in [0.4, 0.5) is 18.9 Å². The first-order valence-corrected chi connectivity index (χ1v) is 18.0. The van der Waals surface area contributed by atoms with Gasteiger partial charge in [0.2, 0.25) is 11.5 Å². The van der Waals surface area contributed by atoms with Gasteiger partial charge >= 0.3 is 6.18 Å². The molecular formula is C44H47F3N2O6. The van der Waals surface area contributed by atoms with Crippen LogP contribution in [0.2, 0.25) is 0 Å². The van der Waals surface area contributed by atoms with Gasteiger partial charge in [-0.05, 0) is 107 Å². The minimum Gasteiger partial charge on any atom is -0.493 e. The summed E-state index contributed by atoms with van der Waals surface area (Å²) >= 11 is 0. The summed E-state index contributed by atoms with van der Waals surface area (Å²) in [5, 5.41) is 0. The van der Waals surface area contributed by atoms with Gasteiger partial charge in [0.15, 0.2) is 23.0 Å². The van der Waals surface area contributed by atoms with Crippen molar-refractivity contribution in [1.29, 1.82) is 0 Å². The highest BCUT2D eigenvalue weighted by Gasteiger charge is 2.31. The minimum absolute atomic E-state index is 0.114. The number of hydrogen-bond donors (Lipinski definition) is 0. The van der Waals surface area contributed by atoms with Crippen LogP contribution in [0.15, 0.2) is 97.1 Å². The second-order valence-electron chi connectivity index (χ2n) is 13.4. The zero-order valence-corrected chi connectivity index (χ0v) is 32.0. The first-order valence-electron chi connectivity index (χ1n) is 18.0. The van der Waals surface area contributed by atoms with Crippen LogP contribution in [0, 0.1) is 0 Å². The van der Waals surface area contributed by atoms with Crippen LogP contribution in [-0.2, 0) is 19.3 Å². The molecule has 1 heterocycles. The fourth-order valence-corrected chi connectivity index (χ4v) is 7.31. The SMILES string of the molecule is COc1cc(-c2cccc(CN3CCC(N(Cc4cccc(-c5cc(OC)c(OC)c(OC)c5)c4)c4ccc(C(F)(F)F)cc4)CC3)c2)cc(OC)c1OC. The van der Waals surface area contributed by atoms with Gasteiger partial charge in [0.1, 0.15) is 0 Å². The Morgan fingerprint density at radius 3 is 1.45 bits per heavy atom. The lowest BCUT2D eigenvalue weighted by molar-refractivity contribution is -0.137. The van der Waals surface area contributed by atoms with Crippen LogP contribution in [0.5, 0.6) is 34.5 Å². The predicted molar refractivity (Wildman–Crippen MR) is 209 cm³/mol. The Labute approximate surface area is 320 Å². The van der Waals surface area contributed by atoms with Crippen molar-refractivity contribution in [1.82, 2.24) is 4.90 Å². The molecule has 6 rings (SSSR count). The van der Waals surface area contributed by atoms with E-state index >= 15 is 0 Å². The fourth-order valence-electron chi connectivity index (χ4n) is 7.31. The van der Waals surface area contributed by atoms with Crippen LogP contribution in [0.25, 0.3) is 22.3 Å². The van der Waals surface area contributed by atoms with Gasteiger partial charge < -0.3 is 33.3 Å². The molecule has 0 atom stereocenters. The molecule has 0 amide bonds. The van der Waals surface area contributed by atoms with E-state index in [0.29, 0.717) is 41.0 Å². The Morgan fingerprint density at radius 2 is 1.02 bits per heavy atom. The van der Waals surface area contributed by atoms with E-state index in [9.17, 15) is 13.2 Å². The zero-order chi connectivity index (χ0) is 39.1. The second kappa shape index (κ2) is 17.3. The Morgan fingerprint density at radius 1 is 0.564 bits per heavy atom. The lowest BCUT2D eigenvalue weighted by Gasteiger charge is -2.40. The van der Waals surface area contributed by atoms with Crippen LogP contribution in [-0.4, -0.2) is 66.7 Å². The molecule has 5 aromatic carbocycles. The van der Waals surface area contributed by atoms with Gasteiger partial charge in [0.25, 0.3) is 0 Å². The van der Waals surface area contributed by atoms with E-state index in [1.807, 2.05) is 36.4 Å². The van der Waals surface area contributed by atoms with Gasteiger partial charge in [0, 0.05) is 37.9 Å². The Bertz CT molecular complexity index is 2010. The predicted octanol–water partition coefficient (Wildman–Crippen LogP) is 9.76. The summed E-state index contributed by atoms with van der Waals surface area (Å²) in [6.45, 7) is 2.95. The van der Waals surface area contributed by atoms with Gasteiger partial charge in [-0.2, -0.15) is 13.2 Å². The summed E-state index contributed by atoms with van der Waals surface area (Å²) in [7, 11) is 9.53. The summed E-state index contributed by atoms with van der Waals surface area (Å²) in [6, 6.07) is 29.9. The third kappa shape index (κ3) is 8.89. The smallest absolute Gasteiger partial charge is 0.416 e. The summed E-state index contributed by atoms with van der Waals surface area (Å²) in [6.07, 6.45) is -2.72. The number of alkyl halides is 3.